The maximum Gasteiger partial charge on any atom is 0.460 e. The van der Waals surface area contributed by atoms with Crippen LogP contribution >= 0.6 is 0 Å². The Kier molecular flexibility index (Phi) is 30.6. The Morgan fingerprint density at radius 2 is 0.716 bits per heavy atom. The van der Waals surface area contributed by atoms with Crippen LogP contribution in [-0.4, -0.2) is 99.7 Å². The van der Waals surface area contributed by atoms with E-state index in [2.05, 4.69) is 193 Å². The van der Waals surface area contributed by atoms with E-state index in [9.17, 15) is 73.2 Å². The molecular weight excluding hydrogens is 1280 g/mol. The van der Waals surface area contributed by atoms with Crippen LogP contribution in [0.25, 0.3) is 8.25 Å². The number of unbranched alkanes of at least 4 members (excludes halogenated alkanes) is 6. The van der Waals surface area contributed by atoms with Crippen molar-refractivity contribution in [2.24, 2.45) is 5.92 Å². The Hall–Kier alpha value is -4.93. The lowest BCUT2D eigenvalue weighted by molar-refractivity contribution is -0.382. The van der Waals surface area contributed by atoms with Crippen molar-refractivity contribution in [3.8, 4) is 0 Å². The third kappa shape index (κ3) is 24.4. The first kappa shape index (κ1) is 75.5. The summed E-state index contributed by atoms with van der Waals surface area (Å²) in [4.78, 5) is 10.1. The summed E-state index contributed by atoms with van der Waals surface area (Å²) in [5.41, 5.74) is 0. The van der Waals surface area contributed by atoms with E-state index in [-0.39, 0.29) is 45.6 Å². The van der Waals surface area contributed by atoms with Crippen molar-refractivity contribution in [2.75, 3.05) is 37.9 Å². The first-order chi connectivity index (χ1) is 41.4. The molecule has 88 heavy (non-hydrogen) atoms. The molecule has 1 aliphatic rings. The van der Waals surface area contributed by atoms with Crippen molar-refractivity contribution >= 4 is 61.9 Å². The van der Waals surface area contributed by atoms with Gasteiger partial charge in [0.2, 0.25) is 0 Å². The number of sulfonamides is 4. The highest BCUT2D eigenvalue weighted by Crippen LogP contribution is 2.56. The Balaban J connectivity index is 0.000000254. The van der Waals surface area contributed by atoms with Crippen molar-refractivity contribution in [1.82, 2.24) is 4.90 Å². The van der Waals surface area contributed by atoms with E-state index in [1.54, 1.807) is 4.13 Å². The third-order valence-corrected chi connectivity index (χ3v) is 24.5. The van der Waals surface area contributed by atoms with Crippen LogP contribution in [0.1, 0.15) is 96.8 Å². The zero-order valence-electron chi connectivity index (χ0n) is 49.1. The van der Waals surface area contributed by atoms with Crippen molar-refractivity contribution in [2.45, 2.75) is 149 Å². The van der Waals surface area contributed by atoms with Gasteiger partial charge in [-0.2, -0.15) is 39.5 Å². The van der Waals surface area contributed by atoms with E-state index in [1.165, 1.54) is 29.4 Å². The van der Waals surface area contributed by atoms with Crippen LogP contribution in [0.4, 0.5) is 39.5 Å². The van der Waals surface area contributed by atoms with E-state index in [1.807, 2.05) is 19.0 Å². The van der Waals surface area contributed by atoms with Gasteiger partial charge in [-0.05, 0) is 125 Å². The maximum atomic E-state index is 13.5. The molecule has 0 radical (unpaired) electrons. The molecule has 0 aliphatic heterocycles. The molecule has 0 heterocycles. The zero-order valence-corrected chi connectivity index (χ0v) is 54.0. The highest BCUT2D eigenvalue weighted by molar-refractivity contribution is 8.13. The second kappa shape index (κ2) is 35.6. The summed E-state index contributed by atoms with van der Waals surface area (Å²) in [6.45, 7) is 2.90. The van der Waals surface area contributed by atoms with Gasteiger partial charge in [0.1, 0.15) is 0 Å². The molecule has 0 N–H and O–H groups in total. The maximum absolute atomic E-state index is 13.5. The summed E-state index contributed by atoms with van der Waals surface area (Å²) in [5.74, 6) is -16.8. The van der Waals surface area contributed by atoms with Crippen LogP contribution < -0.4 is 0 Å². The Bertz CT molecular complexity index is 3100. The first-order valence-electron chi connectivity index (χ1n) is 28.4. The fourth-order valence-electron chi connectivity index (χ4n) is 8.73. The molecule has 0 saturated heterocycles. The summed E-state index contributed by atoms with van der Waals surface area (Å²) >= 11 is 0. The SMILES string of the molecule is CCCCCCCCS(=O)(=O)[N-]S(=O)(=O)CCCCN(C)C.O=S(=O)(CCC1CCCCC1)[N-]S(=O)(=O)C(F)(F)C(F)(F)C(F)(F)C(F)(F)F.c1ccc([S+](c2ccccc2)c2ccccc2)cc1.c1ccc([S+](c2ccccc2)c2ccccc2)cc1. The lowest BCUT2D eigenvalue weighted by Crippen LogP contribution is -2.63. The summed E-state index contributed by atoms with van der Waals surface area (Å²) in [7, 11) is -16.6. The van der Waals surface area contributed by atoms with E-state index < -0.39 is 69.1 Å². The van der Waals surface area contributed by atoms with Gasteiger partial charge in [-0.15, -0.1) is 0 Å². The quantitative estimate of drug-likeness (QED) is 0.0264. The minimum Gasteiger partial charge on any atom is -0.436 e. The number of rotatable bonds is 28. The zero-order chi connectivity index (χ0) is 65.1. The molecule has 11 nitrogen and oxygen atoms in total. The lowest BCUT2D eigenvalue weighted by atomic mass is 9.88. The van der Waals surface area contributed by atoms with Crippen molar-refractivity contribution in [3.63, 3.8) is 0 Å². The van der Waals surface area contributed by atoms with Gasteiger partial charge in [0.15, 0.2) is 39.4 Å². The Morgan fingerprint density at radius 1 is 0.409 bits per heavy atom. The Labute approximate surface area is 520 Å². The first-order valence-corrected chi connectivity index (χ1v) is 37.1. The monoisotopic (exact) mass is 1350 g/mol. The third-order valence-electron chi connectivity index (χ3n) is 13.3. The number of hydrogen-bond acceptors (Lipinski definition) is 9. The van der Waals surface area contributed by atoms with Crippen LogP contribution in [0, 0.1) is 5.92 Å². The largest absolute Gasteiger partial charge is 0.460 e. The van der Waals surface area contributed by atoms with Gasteiger partial charge < -0.3 is 13.2 Å². The van der Waals surface area contributed by atoms with E-state index >= 15 is 0 Å². The predicted molar refractivity (Wildman–Crippen MR) is 333 cm³/mol. The van der Waals surface area contributed by atoms with Crippen molar-refractivity contribution in [1.29, 1.82) is 0 Å². The van der Waals surface area contributed by atoms with Crippen LogP contribution in [0.2, 0.25) is 0 Å². The number of hydrogen-bond donors (Lipinski definition) is 0. The molecule has 0 atom stereocenters. The molecule has 1 saturated carbocycles. The van der Waals surface area contributed by atoms with Crippen LogP contribution in [0.3, 0.4) is 0 Å². The molecule has 0 amide bonds. The van der Waals surface area contributed by atoms with Crippen LogP contribution in [0.5, 0.6) is 0 Å². The summed E-state index contributed by atoms with van der Waals surface area (Å²) in [6, 6.07) is 64.3. The molecule has 0 aromatic heterocycles. The van der Waals surface area contributed by atoms with Gasteiger partial charge in [0.25, 0.3) is 0 Å². The molecule has 26 heteroatoms. The summed E-state index contributed by atoms with van der Waals surface area (Å²) in [6.07, 6.45) is 2.65. The minimum absolute atomic E-state index is 0.0146. The average Bonchev–Trinajstić information content (AvgIpc) is 1.13. The van der Waals surface area contributed by atoms with Crippen molar-refractivity contribution < 1.29 is 73.2 Å². The molecule has 1 aliphatic carbocycles. The van der Waals surface area contributed by atoms with Crippen LogP contribution in [0.15, 0.2) is 211 Å². The van der Waals surface area contributed by atoms with E-state index in [0.717, 1.165) is 57.9 Å². The molecule has 6 aromatic carbocycles. The standard InChI is InChI=1S/2C18H15S.C14H31N2O4S2.C12H15F9NO4S2/c2*1-4-10-16(11-5-1)19(17-12-6-2-7-13-17)18-14-8-3-9-15-18;1-4-5-6-7-8-10-13-21(17,18)15-22(19,20)14-11-9-12-16(2)3;13-9(14,11(17,18)19)10(15,16)12(20,21)28(25,26)22-27(23,24)7-6-8-4-2-1-3-5-8/h2*1-15H;4-14H2,1-3H3;8H,1-7H2/q2*+1;2*-1. The molecule has 486 valence electrons. The van der Waals surface area contributed by atoms with E-state index in [4.69, 9.17) is 0 Å². The summed E-state index contributed by atoms with van der Waals surface area (Å²) in [5, 5.41) is -7.14. The second-order valence-electron chi connectivity index (χ2n) is 20.7. The van der Waals surface area contributed by atoms with Crippen LogP contribution in [-0.2, 0) is 61.9 Å². The number of alkyl halides is 9. The number of nitrogens with zero attached hydrogens (tertiary/aromatic N) is 3. The minimum atomic E-state index is -7.51. The fourth-order valence-corrected chi connectivity index (χ4v) is 19.0. The van der Waals surface area contributed by atoms with Gasteiger partial charge in [-0.1, -0.05) is 180 Å². The lowest BCUT2D eigenvalue weighted by Gasteiger charge is -2.36. The van der Waals surface area contributed by atoms with Gasteiger partial charge in [-0.3, -0.25) is 0 Å². The average molecular weight is 1350 g/mol. The predicted octanol–water partition coefficient (Wildman–Crippen LogP) is 16.7. The smallest absolute Gasteiger partial charge is 0.436 e. The highest BCUT2D eigenvalue weighted by Gasteiger charge is 2.84. The van der Waals surface area contributed by atoms with Gasteiger partial charge in [0.05, 0.1) is 51.9 Å². The molecule has 0 spiro atoms. The fraction of sp³-hybridized carbons (Fsp3) is 0.419. The Morgan fingerprint density at radius 3 is 1.03 bits per heavy atom. The van der Waals surface area contributed by atoms with Gasteiger partial charge in [-0.25, -0.2) is 33.7 Å². The molecule has 0 unspecified atom stereocenters. The topological polar surface area (TPSA) is 168 Å². The molecular formula is C62H76F9N3O8S6. The molecule has 1 fully saturated rings. The highest BCUT2D eigenvalue weighted by atomic mass is 32.3. The second-order valence-corrected chi connectivity index (χ2v) is 32.1. The molecule has 0 bridgehead atoms. The van der Waals surface area contributed by atoms with E-state index in [0.29, 0.717) is 32.1 Å². The summed E-state index contributed by atoms with van der Waals surface area (Å²) < 4.78 is 212. The molecule has 6 aromatic rings. The normalized spacial score (nSPS) is 13.9. The van der Waals surface area contributed by atoms with Gasteiger partial charge in [0, 0.05) is 17.3 Å². The van der Waals surface area contributed by atoms with Crippen molar-refractivity contribution in [3.05, 3.63) is 190 Å². The van der Waals surface area contributed by atoms with Gasteiger partial charge >= 0.3 is 23.3 Å². The number of benzene rings is 6. The number of halogens is 9. The molecule has 7 rings (SSSR count).